The number of methoxy groups -OCH3 is 1. The minimum absolute atomic E-state index is 0.149. The number of ether oxygens (including phenoxy) is 1. The maximum atomic E-state index is 13.3. The molecule has 0 aliphatic rings. The van der Waals surface area contributed by atoms with Crippen LogP contribution in [0.1, 0.15) is 29.8 Å². The number of rotatable bonds is 5. The molecule has 0 unspecified atom stereocenters. The van der Waals surface area contributed by atoms with E-state index in [9.17, 15) is 4.79 Å². The molecule has 0 N–H and O–H groups in total. The van der Waals surface area contributed by atoms with Crippen molar-refractivity contribution < 1.29 is 9.15 Å². The lowest BCUT2D eigenvalue weighted by atomic mass is 10.2. The monoisotopic (exact) mass is 428 g/mol. The van der Waals surface area contributed by atoms with Gasteiger partial charge in [-0.1, -0.05) is 18.6 Å². The summed E-state index contributed by atoms with van der Waals surface area (Å²) in [4.78, 5) is 18.0. The summed E-state index contributed by atoms with van der Waals surface area (Å²) in [6.45, 7) is 6.19. The van der Waals surface area contributed by atoms with Gasteiger partial charge in [0.05, 0.1) is 19.2 Å². The van der Waals surface area contributed by atoms with Gasteiger partial charge >= 0.3 is 0 Å². The lowest BCUT2D eigenvalue weighted by Gasteiger charge is -2.09. The highest BCUT2D eigenvalue weighted by Gasteiger charge is 2.17. The molecule has 3 heterocycles. The van der Waals surface area contributed by atoms with Gasteiger partial charge in [0.15, 0.2) is 0 Å². The van der Waals surface area contributed by atoms with E-state index in [-0.39, 0.29) is 12.1 Å². The topological polar surface area (TPSA) is 74.6 Å². The van der Waals surface area contributed by atoms with Gasteiger partial charge in [-0.05, 0) is 56.3 Å². The van der Waals surface area contributed by atoms with Crippen LogP contribution >= 0.6 is 0 Å². The van der Waals surface area contributed by atoms with Crippen molar-refractivity contribution in [2.24, 2.45) is 0 Å². The third-order valence-corrected chi connectivity index (χ3v) is 5.75. The normalized spacial score (nSPS) is 11.5. The Kier molecular flexibility index (Phi) is 4.81. The minimum Gasteiger partial charge on any atom is -0.497 e. The molecule has 5 aromatic rings. The van der Waals surface area contributed by atoms with Crippen LogP contribution in [0, 0.1) is 13.8 Å². The zero-order valence-electron chi connectivity index (χ0n) is 18.5. The Morgan fingerprint density at radius 1 is 1.03 bits per heavy atom. The molecular weight excluding hydrogens is 404 g/mol. The second-order valence-corrected chi connectivity index (χ2v) is 7.91. The Balaban J connectivity index is 1.58. The Hall–Kier alpha value is -3.87. The number of benzene rings is 2. The summed E-state index contributed by atoms with van der Waals surface area (Å²) in [5, 5.41) is 5.71. The summed E-state index contributed by atoms with van der Waals surface area (Å²) in [5.41, 5.74) is 4.16. The predicted molar refractivity (Wildman–Crippen MR) is 123 cm³/mol. The van der Waals surface area contributed by atoms with E-state index in [4.69, 9.17) is 9.15 Å². The number of aromatic nitrogens is 4. The van der Waals surface area contributed by atoms with Crippen LogP contribution in [0.25, 0.3) is 27.9 Å². The van der Waals surface area contributed by atoms with Crippen LogP contribution in [0.15, 0.2) is 57.7 Å². The van der Waals surface area contributed by atoms with Gasteiger partial charge in [-0.25, -0.2) is 9.67 Å². The largest absolute Gasteiger partial charge is 0.497 e. The van der Waals surface area contributed by atoms with E-state index in [1.165, 1.54) is 4.68 Å². The van der Waals surface area contributed by atoms with Crippen molar-refractivity contribution in [1.82, 2.24) is 19.2 Å². The number of oxazole rings is 1. The molecule has 7 heteroatoms. The van der Waals surface area contributed by atoms with Crippen LogP contribution in [0.5, 0.6) is 5.75 Å². The Morgan fingerprint density at radius 3 is 2.53 bits per heavy atom. The van der Waals surface area contributed by atoms with Crippen molar-refractivity contribution in [3.05, 3.63) is 81.7 Å². The molecule has 32 heavy (non-hydrogen) atoms. The molecule has 0 saturated heterocycles. The summed E-state index contributed by atoms with van der Waals surface area (Å²) in [6, 6.07) is 15.7. The van der Waals surface area contributed by atoms with Gasteiger partial charge in [-0.15, -0.1) is 0 Å². The quantitative estimate of drug-likeness (QED) is 0.411. The average Bonchev–Trinajstić information content (AvgIpc) is 3.36. The molecule has 7 nitrogen and oxygen atoms in total. The molecule has 5 rings (SSSR count). The van der Waals surface area contributed by atoms with E-state index in [1.54, 1.807) is 7.11 Å². The van der Waals surface area contributed by atoms with E-state index in [2.05, 4.69) is 22.2 Å². The number of hydrogen-bond acceptors (Lipinski definition) is 5. The van der Waals surface area contributed by atoms with Crippen LogP contribution in [0.4, 0.5) is 0 Å². The van der Waals surface area contributed by atoms with Gasteiger partial charge in [0.25, 0.3) is 5.56 Å². The fourth-order valence-electron chi connectivity index (χ4n) is 4.04. The Morgan fingerprint density at radius 2 is 1.81 bits per heavy atom. The standard InChI is InChI=1S/C25H24N4O3/c1-5-23-27-28(25(30)22-13-18-12-15(2)6-11-21(18)29(22)23)14-20-16(3)32-24(26-20)17-7-9-19(31-4)10-8-17/h6-13H,5,14H2,1-4H3. The number of hydrogen-bond donors (Lipinski definition) is 0. The molecule has 3 aromatic heterocycles. The van der Waals surface area contributed by atoms with Gasteiger partial charge < -0.3 is 9.15 Å². The third kappa shape index (κ3) is 3.26. The molecule has 0 aliphatic heterocycles. The zero-order valence-corrected chi connectivity index (χ0v) is 18.5. The van der Waals surface area contributed by atoms with E-state index < -0.39 is 0 Å². The fourth-order valence-corrected chi connectivity index (χ4v) is 4.04. The number of nitrogens with zero attached hydrogens (tertiary/aromatic N) is 4. The van der Waals surface area contributed by atoms with Crippen molar-refractivity contribution in [3.63, 3.8) is 0 Å². The van der Waals surface area contributed by atoms with Crippen molar-refractivity contribution >= 4 is 16.4 Å². The van der Waals surface area contributed by atoms with Gasteiger partial charge in [-0.2, -0.15) is 5.10 Å². The molecule has 0 amide bonds. The second-order valence-electron chi connectivity index (χ2n) is 7.91. The molecule has 162 valence electrons. The van der Waals surface area contributed by atoms with Gasteiger partial charge in [0, 0.05) is 17.4 Å². The maximum absolute atomic E-state index is 13.3. The van der Waals surface area contributed by atoms with E-state index >= 15 is 0 Å². The zero-order chi connectivity index (χ0) is 22.4. The second kappa shape index (κ2) is 7.67. The van der Waals surface area contributed by atoms with Crippen LogP contribution < -0.4 is 10.3 Å². The van der Waals surface area contributed by atoms with E-state index in [0.29, 0.717) is 29.3 Å². The smallest absolute Gasteiger partial charge is 0.291 e. The first-order valence-corrected chi connectivity index (χ1v) is 10.6. The maximum Gasteiger partial charge on any atom is 0.291 e. The average molecular weight is 428 g/mol. The Labute approximate surface area is 184 Å². The highest BCUT2D eigenvalue weighted by molar-refractivity contribution is 5.87. The molecule has 0 aliphatic carbocycles. The highest BCUT2D eigenvalue weighted by Crippen LogP contribution is 2.25. The SMILES string of the molecule is CCc1nn(Cc2nc(-c3ccc(OC)cc3)oc2C)c(=O)c2cc3cc(C)ccc3n12. The van der Waals surface area contributed by atoms with Crippen LogP contribution in [-0.4, -0.2) is 26.3 Å². The fraction of sp³-hybridized carbons (Fsp3) is 0.240. The molecule has 0 bridgehead atoms. The Bertz CT molecular complexity index is 1510. The summed E-state index contributed by atoms with van der Waals surface area (Å²) in [6.07, 6.45) is 0.698. The summed E-state index contributed by atoms with van der Waals surface area (Å²) in [5.74, 6) is 2.77. The van der Waals surface area contributed by atoms with Crippen LogP contribution in [0.2, 0.25) is 0 Å². The van der Waals surface area contributed by atoms with E-state index in [0.717, 1.165) is 33.6 Å². The van der Waals surface area contributed by atoms with Crippen molar-refractivity contribution in [2.45, 2.75) is 33.7 Å². The first-order valence-electron chi connectivity index (χ1n) is 10.6. The lowest BCUT2D eigenvalue weighted by Crippen LogP contribution is -2.27. The van der Waals surface area contributed by atoms with Gasteiger partial charge in [0.1, 0.15) is 28.5 Å². The summed E-state index contributed by atoms with van der Waals surface area (Å²) >= 11 is 0. The first kappa shape index (κ1) is 20.1. The van der Waals surface area contributed by atoms with Crippen molar-refractivity contribution in [1.29, 1.82) is 0 Å². The summed E-state index contributed by atoms with van der Waals surface area (Å²) < 4.78 is 14.6. The van der Waals surface area contributed by atoms with Gasteiger partial charge in [0.2, 0.25) is 5.89 Å². The first-order chi connectivity index (χ1) is 15.5. The molecule has 0 saturated carbocycles. The molecule has 0 atom stereocenters. The lowest BCUT2D eigenvalue weighted by molar-refractivity contribution is 0.415. The highest BCUT2D eigenvalue weighted by atomic mass is 16.5. The predicted octanol–water partition coefficient (Wildman–Crippen LogP) is 4.54. The minimum atomic E-state index is -0.149. The molecular formula is C25H24N4O3. The van der Waals surface area contributed by atoms with Crippen molar-refractivity contribution in [3.8, 4) is 17.2 Å². The van der Waals surface area contributed by atoms with Crippen LogP contribution in [-0.2, 0) is 13.0 Å². The molecule has 0 spiro atoms. The van der Waals surface area contributed by atoms with Crippen molar-refractivity contribution in [2.75, 3.05) is 7.11 Å². The number of fused-ring (bicyclic) bond motifs is 3. The van der Waals surface area contributed by atoms with Crippen LogP contribution in [0.3, 0.4) is 0 Å². The van der Waals surface area contributed by atoms with E-state index in [1.807, 2.05) is 61.6 Å². The number of aryl methyl sites for hydroxylation is 3. The van der Waals surface area contributed by atoms with Gasteiger partial charge in [-0.3, -0.25) is 9.20 Å². The molecule has 0 fully saturated rings. The summed E-state index contributed by atoms with van der Waals surface area (Å²) in [7, 11) is 1.63. The molecule has 2 aromatic carbocycles. The molecule has 0 radical (unpaired) electrons. The third-order valence-electron chi connectivity index (χ3n) is 5.75.